The first-order chi connectivity index (χ1) is 15.4. The minimum absolute atomic E-state index is 0.130. The molecule has 0 aromatic heterocycles. The van der Waals surface area contributed by atoms with Gasteiger partial charge in [-0.25, -0.2) is 5.43 Å². The molecule has 0 aliphatic carbocycles. The lowest BCUT2D eigenvalue weighted by molar-refractivity contribution is -0.385. The molecule has 9 nitrogen and oxygen atoms in total. The Labute approximate surface area is 183 Å². The van der Waals surface area contributed by atoms with Gasteiger partial charge in [0.05, 0.1) is 16.7 Å². The van der Waals surface area contributed by atoms with E-state index in [1.807, 2.05) is 18.2 Å². The molecular formula is C23H20N4O5. The Balaban J connectivity index is 1.51. The molecule has 0 atom stereocenters. The van der Waals surface area contributed by atoms with E-state index in [1.54, 1.807) is 36.4 Å². The third-order valence-corrected chi connectivity index (χ3v) is 4.43. The van der Waals surface area contributed by atoms with Gasteiger partial charge in [-0.15, -0.1) is 0 Å². The Morgan fingerprint density at radius 3 is 2.44 bits per heavy atom. The average Bonchev–Trinajstić information content (AvgIpc) is 2.79. The van der Waals surface area contributed by atoms with Crippen LogP contribution in [0.25, 0.3) is 0 Å². The normalized spacial score (nSPS) is 10.5. The number of nitro benzene ring substituents is 1. The number of nitrogens with one attached hydrogen (secondary N) is 2. The van der Waals surface area contributed by atoms with Crippen LogP contribution < -0.4 is 15.5 Å². The minimum atomic E-state index is -0.549. The zero-order valence-corrected chi connectivity index (χ0v) is 17.1. The van der Waals surface area contributed by atoms with Crippen molar-refractivity contribution in [3.63, 3.8) is 0 Å². The molecule has 0 unspecified atom stereocenters. The molecule has 2 N–H and O–H groups in total. The number of hydrogen-bond acceptors (Lipinski definition) is 6. The standard InChI is InChI=1S/C23H20N4O5/c1-16-20(8-5-9-21(16)27(30)31)23(29)26-24-14-17-10-12-19(13-11-17)32-15-22(28)25-18-6-3-2-4-7-18/h2-14H,15H2,1H3,(H,25,28)(H,26,29)/b24-14-. The smallest absolute Gasteiger partial charge is 0.273 e. The summed E-state index contributed by atoms with van der Waals surface area (Å²) in [6, 6.07) is 20.1. The molecule has 0 saturated carbocycles. The summed E-state index contributed by atoms with van der Waals surface area (Å²) in [5.41, 5.74) is 4.04. The maximum Gasteiger partial charge on any atom is 0.273 e. The summed E-state index contributed by atoms with van der Waals surface area (Å²) in [6.45, 7) is 1.37. The molecule has 162 valence electrons. The second kappa shape index (κ2) is 10.5. The summed E-state index contributed by atoms with van der Waals surface area (Å²) >= 11 is 0. The Bertz CT molecular complexity index is 1140. The molecule has 0 heterocycles. The van der Waals surface area contributed by atoms with E-state index >= 15 is 0 Å². The van der Waals surface area contributed by atoms with Gasteiger partial charge in [-0.2, -0.15) is 5.10 Å². The predicted molar refractivity (Wildman–Crippen MR) is 120 cm³/mol. The summed E-state index contributed by atoms with van der Waals surface area (Å²) in [4.78, 5) is 34.6. The van der Waals surface area contributed by atoms with Gasteiger partial charge in [-0.05, 0) is 55.0 Å². The molecule has 0 spiro atoms. The zero-order chi connectivity index (χ0) is 22.9. The molecule has 0 fully saturated rings. The topological polar surface area (TPSA) is 123 Å². The van der Waals surface area contributed by atoms with Crippen LogP contribution in [0.4, 0.5) is 11.4 Å². The predicted octanol–water partition coefficient (Wildman–Crippen LogP) is 3.68. The highest BCUT2D eigenvalue weighted by molar-refractivity contribution is 5.97. The van der Waals surface area contributed by atoms with Crippen LogP contribution >= 0.6 is 0 Å². The Kier molecular flexibility index (Phi) is 7.26. The number of nitro groups is 1. The van der Waals surface area contributed by atoms with Crippen molar-refractivity contribution >= 4 is 29.4 Å². The first-order valence-corrected chi connectivity index (χ1v) is 9.59. The molecule has 9 heteroatoms. The van der Waals surface area contributed by atoms with Gasteiger partial charge in [0.2, 0.25) is 0 Å². The molecular weight excluding hydrogens is 412 g/mol. The number of hydrazone groups is 1. The number of amides is 2. The van der Waals surface area contributed by atoms with E-state index in [0.29, 0.717) is 17.0 Å². The number of carbonyl (C=O) groups is 2. The van der Waals surface area contributed by atoms with Gasteiger partial charge < -0.3 is 10.1 Å². The van der Waals surface area contributed by atoms with Gasteiger partial charge in [0, 0.05) is 17.3 Å². The highest BCUT2D eigenvalue weighted by Crippen LogP contribution is 2.21. The van der Waals surface area contributed by atoms with E-state index in [-0.39, 0.29) is 29.3 Å². The Morgan fingerprint density at radius 2 is 1.75 bits per heavy atom. The fraction of sp³-hybridized carbons (Fsp3) is 0.0870. The van der Waals surface area contributed by atoms with Crippen LogP contribution in [0.15, 0.2) is 77.9 Å². The largest absolute Gasteiger partial charge is 0.484 e. The second-order valence-corrected chi connectivity index (χ2v) is 6.68. The molecule has 3 aromatic carbocycles. The van der Waals surface area contributed by atoms with Gasteiger partial charge in [-0.1, -0.05) is 24.3 Å². The number of benzene rings is 3. The third kappa shape index (κ3) is 5.99. The van der Waals surface area contributed by atoms with Gasteiger partial charge in [-0.3, -0.25) is 19.7 Å². The first kappa shape index (κ1) is 22.2. The van der Waals surface area contributed by atoms with Crippen LogP contribution in [0.2, 0.25) is 0 Å². The van der Waals surface area contributed by atoms with E-state index in [2.05, 4.69) is 15.8 Å². The summed E-state index contributed by atoms with van der Waals surface area (Å²) in [5, 5.41) is 17.6. The van der Waals surface area contributed by atoms with Crippen molar-refractivity contribution in [1.29, 1.82) is 0 Å². The molecule has 0 bridgehead atoms. The quantitative estimate of drug-likeness (QED) is 0.319. The molecule has 3 rings (SSSR count). The zero-order valence-electron chi connectivity index (χ0n) is 17.1. The number of rotatable bonds is 8. The number of para-hydroxylation sites is 1. The van der Waals surface area contributed by atoms with Crippen molar-refractivity contribution in [2.45, 2.75) is 6.92 Å². The van der Waals surface area contributed by atoms with Crippen LogP contribution in [-0.4, -0.2) is 29.6 Å². The van der Waals surface area contributed by atoms with Crippen molar-refractivity contribution in [1.82, 2.24) is 5.43 Å². The lowest BCUT2D eigenvalue weighted by Gasteiger charge is -2.07. The van der Waals surface area contributed by atoms with Crippen molar-refractivity contribution in [3.8, 4) is 5.75 Å². The summed E-state index contributed by atoms with van der Waals surface area (Å²) in [5.74, 6) is -0.325. The van der Waals surface area contributed by atoms with Crippen molar-refractivity contribution in [2.75, 3.05) is 11.9 Å². The van der Waals surface area contributed by atoms with Gasteiger partial charge in [0.15, 0.2) is 6.61 Å². The number of nitrogens with zero attached hydrogens (tertiary/aromatic N) is 2. The molecule has 0 saturated heterocycles. The van der Waals surface area contributed by atoms with Gasteiger partial charge in [0.25, 0.3) is 17.5 Å². The van der Waals surface area contributed by atoms with Crippen molar-refractivity contribution in [3.05, 3.63) is 99.6 Å². The Morgan fingerprint density at radius 1 is 1.03 bits per heavy atom. The third-order valence-electron chi connectivity index (χ3n) is 4.43. The van der Waals surface area contributed by atoms with Crippen LogP contribution in [-0.2, 0) is 4.79 Å². The van der Waals surface area contributed by atoms with E-state index in [9.17, 15) is 19.7 Å². The van der Waals surface area contributed by atoms with Crippen molar-refractivity contribution < 1.29 is 19.2 Å². The van der Waals surface area contributed by atoms with Crippen molar-refractivity contribution in [2.24, 2.45) is 5.10 Å². The summed E-state index contributed by atoms with van der Waals surface area (Å²) in [7, 11) is 0. The van der Waals surface area contributed by atoms with Gasteiger partial charge >= 0.3 is 0 Å². The van der Waals surface area contributed by atoms with E-state index in [4.69, 9.17) is 4.74 Å². The molecule has 32 heavy (non-hydrogen) atoms. The summed E-state index contributed by atoms with van der Waals surface area (Å²) in [6.07, 6.45) is 1.43. The Hall–Kier alpha value is -4.53. The molecule has 0 aliphatic rings. The molecule has 2 amide bonds. The SMILES string of the molecule is Cc1c(C(=O)N/N=C\c2ccc(OCC(=O)Nc3ccccc3)cc2)cccc1[N+](=O)[O-]. The van der Waals surface area contributed by atoms with E-state index in [1.165, 1.54) is 31.3 Å². The van der Waals surface area contributed by atoms with E-state index in [0.717, 1.165) is 0 Å². The maximum absolute atomic E-state index is 12.3. The fourth-order valence-corrected chi connectivity index (χ4v) is 2.81. The lowest BCUT2D eigenvalue weighted by Crippen LogP contribution is -2.20. The number of carbonyl (C=O) groups excluding carboxylic acids is 2. The number of ether oxygens (including phenoxy) is 1. The number of hydrogen-bond donors (Lipinski definition) is 2. The van der Waals surface area contributed by atoms with Crippen LogP contribution in [0.1, 0.15) is 21.5 Å². The highest BCUT2D eigenvalue weighted by Gasteiger charge is 2.17. The second-order valence-electron chi connectivity index (χ2n) is 6.68. The first-order valence-electron chi connectivity index (χ1n) is 9.59. The maximum atomic E-state index is 12.3. The van der Waals surface area contributed by atoms with Crippen LogP contribution in [0.5, 0.6) is 5.75 Å². The van der Waals surface area contributed by atoms with Gasteiger partial charge in [0.1, 0.15) is 5.75 Å². The molecule has 0 radical (unpaired) electrons. The molecule has 3 aromatic rings. The van der Waals surface area contributed by atoms with Crippen LogP contribution in [0.3, 0.4) is 0 Å². The summed E-state index contributed by atoms with van der Waals surface area (Å²) < 4.78 is 5.46. The monoisotopic (exact) mass is 432 g/mol. The minimum Gasteiger partial charge on any atom is -0.484 e. The number of anilines is 1. The van der Waals surface area contributed by atoms with Crippen LogP contribution in [0, 0.1) is 17.0 Å². The van der Waals surface area contributed by atoms with E-state index < -0.39 is 10.8 Å². The highest BCUT2D eigenvalue weighted by atomic mass is 16.6. The molecule has 0 aliphatic heterocycles. The average molecular weight is 432 g/mol. The lowest BCUT2D eigenvalue weighted by atomic mass is 10.1. The fourth-order valence-electron chi connectivity index (χ4n) is 2.81.